The molecule has 0 atom stereocenters. The predicted molar refractivity (Wildman–Crippen MR) is 91.6 cm³/mol. The van der Waals surface area contributed by atoms with E-state index in [1.54, 1.807) is 0 Å². The first-order valence-corrected chi connectivity index (χ1v) is 7.68. The molecular weight excluding hydrogens is 252 g/mol. The summed E-state index contributed by atoms with van der Waals surface area (Å²) in [7, 11) is 0. The Morgan fingerprint density at radius 1 is 0.810 bits per heavy atom. The Bertz CT molecular complexity index is 800. The zero-order chi connectivity index (χ0) is 14.2. The third-order valence-electron chi connectivity index (χ3n) is 4.54. The molecular formula is C21H18. The second-order valence-corrected chi connectivity index (χ2v) is 5.65. The maximum Gasteiger partial charge on any atom is -0.00791 e. The number of benzene rings is 2. The van der Waals surface area contributed by atoms with E-state index in [0.29, 0.717) is 0 Å². The summed E-state index contributed by atoms with van der Waals surface area (Å²) in [5.74, 6) is 0. The lowest BCUT2D eigenvalue weighted by atomic mass is 9.83. The largest absolute Gasteiger partial charge is 0.0763 e. The summed E-state index contributed by atoms with van der Waals surface area (Å²) in [4.78, 5) is 0. The number of allylic oxidation sites excluding steroid dienone is 5. The van der Waals surface area contributed by atoms with E-state index in [2.05, 4.69) is 73.7 Å². The lowest BCUT2D eigenvalue weighted by Gasteiger charge is -2.21. The van der Waals surface area contributed by atoms with E-state index in [-0.39, 0.29) is 0 Å². The number of hydrogen-bond acceptors (Lipinski definition) is 0. The van der Waals surface area contributed by atoms with Crippen LogP contribution in [0.15, 0.2) is 60.7 Å². The van der Waals surface area contributed by atoms with Crippen molar-refractivity contribution in [3.05, 3.63) is 82.9 Å². The van der Waals surface area contributed by atoms with E-state index in [1.165, 1.54) is 39.0 Å². The zero-order valence-corrected chi connectivity index (χ0v) is 12.3. The van der Waals surface area contributed by atoms with Crippen LogP contribution in [0.5, 0.6) is 0 Å². The molecule has 2 aliphatic carbocycles. The van der Waals surface area contributed by atoms with Crippen molar-refractivity contribution in [3.63, 3.8) is 0 Å². The first-order chi connectivity index (χ1) is 10.4. The van der Waals surface area contributed by atoms with E-state index in [9.17, 15) is 0 Å². The van der Waals surface area contributed by atoms with E-state index in [1.807, 2.05) is 0 Å². The van der Waals surface area contributed by atoms with Crippen molar-refractivity contribution in [2.75, 3.05) is 0 Å². The molecule has 0 unspecified atom stereocenters. The van der Waals surface area contributed by atoms with Crippen LogP contribution in [0, 0.1) is 0 Å². The lowest BCUT2D eigenvalue weighted by molar-refractivity contribution is 1.19. The number of hydrogen-bond donors (Lipinski definition) is 0. The van der Waals surface area contributed by atoms with Gasteiger partial charge in [-0.1, -0.05) is 73.7 Å². The molecule has 2 aliphatic rings. The van der Waals surface area contributed by atoms with Crippen LogP contribution in [-0.4, -0.2) is 0 Å². The average molecular weight is 270 g/mol. The van der Waals surface area contributed by atoms with Gasteiger partial charge in [-0.15, -0.1) is 0 Å². The van der Waals surface area contributed by atoms with Gasteiger partial charge in [0.05, 0.1) is 0 Å². The van der Waals surface area contributed by atoms with Crippen LogP contribution in [0.3, 0.4) is 0 Å². The van der Waals surface area contributed by atoms with Gasteiger partial charge in [0, 0.05) is 0 Å². The van der Waals surface area contributed by atoms with E-state index in [4.69, 9.17) is 0 Å². The Hall–Kier alpha value is -2.34. The van der Waals surface area contributed by atoms with Crippen molar-refractivity contribution in [1.29, 1.82) is 0 Å². The minimum Gasteiger partial charge on any atom is -0.0763 e. The maximum absolute atomic E-state index is 2.40. The summed E-state index contributed by atoms with van der Waals surface area (Å²) in [6, 6.07) is 17.5. The van der Waals surface area contributed by atoms with Gasteiger partial charge in [-0.05, 0) is 51.8 Å². The minimum absolute atomic E-state index is 1.04. The quantitative estimate of drug-likeness (QED) is 0.612. The zero-order valence-electron chi connectivity index (χ0n) is 12.3. The highest BCUT2D eigenvalue weighted by atomic mass is 14.2. The Morgan fingerprint density at radius 2 is 1.52 bits per heavy atom. The molecule has 0 N–H and O–H groups in total. The molecule has 0 spiro atoms. The topological polar surface area (TPSA) is 0 Å². The fraction of sp³-hybridized carbons (Fsp3) is 0.143. The van der Waals surface area contributed by atoms with Gasteiger partial charge in [0.25, 0.3) is 0 Å². The van der Waals surface area contributed by atoms with E-state index in [0.717, 1.165) is 12.8 Å². The smallest absolute Gasteiger partial charge is 0.00791 e. The Kier molecular flexibility index (Phi) is 2.89. The third-order valence-corrected chi connectivity index (χ3v) is 4.54. The molecule has 0 aromatic heterocycles. The Labute approximate surface area is 126 Å². The maximum atomic E-state index is 2.40. The molecule has 21 heavy (non-hydrogen) atoms. The highest BCUT2D eigenvalue weighted by Gasteiger charge is 2.20. The average Bonchev–Trinajstić information content (AvgIpc) is 2.98. The predicted octanol–water partition coefficient (Wildman–Crippen LogP) is 5.82. The van der Waals surface area contributed by atoms with Crippen LogP contribution in [0.2, 0.25) is 0 Å². The fourth-order valence-electron chi connectivity index (χ4n) is 3.47. The molecule has 0 radical (unpaired) electrons. The summed E-state index contributed by atoms with van der Waals surface area (Å²) in [6.07, 6.45) is 9.06. The molecule has 0 bridgehead atoms. The van der Waals surface area contributed by atoms with Gasteiger partial charge < -0.3 is 0 Å². The third kappa shape index (κ3) is 1.91. The summed E-state index contributed by atoms with van der Waals surface area (Å²) in [5, 5.41) is 0. The Morgan fingerprint density at radius 3 is 2.33 bits per heavy atom. The van der Waals surface area contributed by atoms with Gasteiger partial charge in [0.1, 0.15) is 0 Å². The van der Waals surface area contributed by atoms with Gasteiger partial charge in [0.15, 0.2) is 0 Å². The van der Waals surface area contributed by atoms with Crippen LogP contribution in [-0.2, 0) is 0 Å². The molecule has 2 aromatic rings. The Balaban J connectivity index is 1.95. The summed E-state index contributed by atoms with van der Waals surface area (Å²) >= 11 is 0. The molecule has 0 nitrogen and oxygen atoms in total. The van der Waals surface area contributed by atoms with Crippen molar-refractivity contribution < 1.29 is 0 Å². The summed E-state index contributed by atoms with van der Waals surface area (Å²) < 4.78 is 0. The van der Waals surface area contributed by atoms with Crippen molar-refractivity contribution in [2.24, 2.45) is 0 Å². The standard InChI is InChI=1S/C21H18/c1-2-15-11-13-21(19-10-6-5-8-17(15)19)20-14-12-16-7-3-4-9-18(16)20/h3-12,14H,2,13H2,1H3. The summed E-state index contributed by atoms with van der Waals surface area (Å²) in [6.45, 7) is 2.24. The van der Waals surface area contributed by atoms with Crippen LogP contribution in [0.1, 0.15) is 42.0 Å². The first-order valence-electron chi connectivity index (χ1n) is 7.68. The number of rotatable bonds is 1. The molecule has 0 saturated carbocycles. The molecule has 0 amide bonds. The lowest BCUT2D eigenvalue weighted by Crippen LogP contribution is -2.00. The van der Waals surface area contributed by atoms with Gasteiger partial charge in [-0.2, -0.15) is 0 Å². The SMILES string of the molecule is CCC1=CCC(=C2C=Cc3ccccc32)c2ccccc21. The van der Waals surface area contributed by atoms with E-state index >= 15 is 0 Å². The molecule has 0 heteroatoms. The second kappa shape index (κ2) is 4.89. The summed E-state index contributed by atoms with van der Waals surface area (Å²) in [5.41, 5.74) is 9.86. The van der Waals surface area contributed by atoms with Crippen molar-refractivity contribution in [1.82, 2.24) is 0 Å². The van der Waals surface area contributed by atoms with Crippen molar-refractivity contribution in [3.8, 4) is 0 Å². The molecule has 0 aliphatic heterocycles. The molecule has 4 rings (SSSR count). The van der Waals surface area contributed by atoms with Crippen LogP contribution < -0.4 is 0 Å². The number of fused-ring (bicyclic) bond motifs is 2. The van der Waals surface area contributed by atoms with Crippen LogP contribution in [0.25, 0.3) is 22.8 Å². The second-order valence-electron chi connectivity index (χ2n) is 5.65. The van der Waals surface area contributed by atoms with Crippen molar-refractivity contribution >= 4 is 22.8 Å². The highest BCUT2D eigenvalue weighted by molar-refractivity contribution is 6.05. The van der Waals surface area contributed by atoms with Crippen LogP contribution >= 0.6 is 0 Å². The monoisotopic (exact) mass is 270 g/mol. The first kappa shape index (κ1) is 12.4. The molecule has 0 heterocycles. The molecule has 102 valence electrons. The molecule has 2 aromatic carbocycles. The van der Waals surface area contributed by atoms with Gasteiger partial charge in [-0.25, -0.2) is 0 Å². The van der Waals surface area contributed by atoms with Crippen LogP contribution in [0.4, 0.5) is 0 Å². The normalized spacial score (nSPS) is 19.2. The highest BCUT2D eigenvalue weighted by Crippen LogP contribution is 2.42. The van der Waals surface area contributed by atoms with Crippen molar-refractivity contribution in [2.45, 2.75) is 19.8 Å². The molecule has 0 saturated heterocycles. The minimum atomic E-state index is 1.04. The van der Waals surface area contributed by atoms with Gasteiger partial charge >= 0.3 is 0 Å². The fourth-order valence-corrected chi connectivity index (χ4v) is 3.47. The van der Waals surface area contributed by atoms with Gasteiger partial charge in [0.2, 0.25) is 0 Å². The van der Waals surface area contributed by atoms with Gasteiger partial charge in [-0.3, -0.25) is 0 Å². The van der Waals surface area contributed by atoms with E-state index < -0.39 is 0 Å². The molecule has 0 fully saturated rings.